The van der Waals surface area contributed by atoms with Crippen molar-refractivity contribution in [2.45, 2.75) is 79.1 Å². The first-order valence-corrected chi connectivity index (χ1v) is 11.1. The van der Waals surface area contributed by atoms with Crippen molar-refractivity contribution in [2.75, 3.05) is 26.2 Å². The molecule has 7 heteroatoms. The Morgan fingerprint density at radius 2 is 0.800 bits per heavy atom. The van der Waals surface area contributed by atoms with Crippen LogP contribution in [-0.2, 0) is 16.5 Å². The number of unbranched alkanes of at least 4 members (excludes halogenated alkanes) is 4. The van der Waals surface area contributed by atoms with Gasteiger partial charge in [-0.1, -0.05) is 77.8 Å². The first kappa shape index (κ1) is 30.7. The quantitative estimate of drug-likeness (QED) is 0.199. The summed E-state index contributed by atoms with van der Waals surface area (Å²) in [5, 5.41) is 0. The summed E-state index contributed by atoms with van der Waals surface area (Å²) in [5.74, 6) is 0. The van der Waals surface area contributed by atoms with Crippen LogP contribution in [0.25, 0.3) is 0 Å². The summed E-state index contributed by atoms with van der Waals surface area (Å²) in [6.45, 7) is 13.0. The van der Waals surface area contributed by atoms with Crippen LogP contribution in [0.4, 0.5) is 0 Å². The van der Waals surface area contributed by atoms with Crippen LogP contribution in [-0.4, -0.2) is 44.6 Å². The van der Waals surface area contributed by atoms with E-state index < -0.39 is 0 Å². The van der Waals surface area contributed by atoms with Crippen LogP contribution < -0.4 is 0 Å². The molecule has 0 aromatic heterocycles. The minimum Gasteiger partial charge on any atom is -0.358 e. The molecule has 0 aliphatic carbocycles. The molecule has 0 saturated carbocycles. The van der Waals surface area contributed by atoms with Crippen LogP contribution in [0, 0.1) is 0 Å². The van der Waals surface area contributed by atoms with E-state index in [9.17, 15) is 0 Å². The third-order valence-corrected chi connectivity index (χ3v) is 4.75. The second kappa shape index (κ2) is 23.0. The number of hydrogen-bond acceptors (Lipinski definition) is 2. The predicted octanol–water partition coefficient (Wildman–Crippen LogP) is 6.20. The Balaban J connectivity index is -0.000000372. The molecule has 0 rings (SSSR count). The number of rotatable bonds is 12. The summed E-state index contributed by atoms with van der Waals surface area (Å²) in [6, 6.07) is 0. The van der Waals surface area contributed by atoms with Gasteiger partial charge in [-0.15, -0.1) is 25.3 Å². The van der Waals surface area contributed by atoms with Crippen molar-refractivity contribution in [3.63, 3.8) is 0 Å². The van der Waals surface area contributed by atoms with Gasteiger partial charge in [0.05, 0.1) is 0 Å². The summed E-state index contributed by atoms with van der Waals surface area (Å²) in [5.41, 5.74) is 0. The zero-order valence-electron chi connectivity index (χ0n) is 16.4. The molecule has 0 spiro atoms. The minimum absolute atomic E-state index is 0. The molecule has 0 amide bonds. The van der Waals surface area contributed by atoms with Gasteiger partial charge in [-0.3, -0.25) is 0 Å². The third kappa shape index (κ3) is 21.1. The van der Waals surface area contributed by atoms with Gasteiger partial charge in [-0.05, 0) is 25.7 Å². The van der Waals surface area contributed by atoms with E-state index in [2.05, 4.69) is 62.8 Å². The molecule has 0 aromatic carbocycles. The van der Waals surface area contributed by atoms with E-state index in [1.807, 2.05) is 0 Å². The fourth-order valence-electron chi connectivity index (χ4n) is 2.00. The van der Waals surface area contributed by atoms with Gasteiger partial charge in [0.2, 0.25) is 0 Å². The van der Waals surface area contributed by atoms with E-state index in [4.69, 9.17) is 24.4 Å². The molecule has 25 heavy (non-hydrogen) atoms. The normalized spacial score (nSPS) is 9.52. The summed E-state index contributed by atoms with van der Waals surface area (Å²) in [4.78, 5) is 4.37. The van der Waals surface area contributed by atoms with Crippen molar-refractivity contribution in [3.8, 4) is 0 Å². The Bertz CT molecular complexity index is 271. The summed E-state index contributed by atoms with van der Waals surface area (Å²) in [6.07, 6.45) is 9.74. The molecule has 2 nitrogen and oxygen atoms in total. The van der Waals surface area contributed by atoms with Crippen molar-refractivity contribution < 1.29 is 16.5 Å². The Morgan fingerprint density at radius 3 is 0.920 bits per heavy atom. The number of hydrogen-bond donors (Lipinski definition) is 2. The second-order valence-electron chi connectivity index (χ2n) is 5.95. The van der Waals surface area contributed by atoms with Crippen LogP contribution in [0.5, 0.6) is 0 Å². The van der Waals surface area contributed by atoms with Gasteiger partial charge in [0.1, 0.15) is 8.64 Å². The second-order valence-corrected chi connectivity index (χ2v) is 8.18. The van der Waals surface area contributed by atoms with E-state index in [1.165, 1.54) is 51.4 Å². The molecular weight excluding hydrogens is 431 g/mol. The molecule has 154 valence electrons. The maximum Gasteiger partial charge on any atom is 0.133 e. The number of thiocarbonyl (C=S) groups is 2. The molecule has 0 fully saturated rings. The molecule has 0 radical (unpaired) electrons. The minimum atomic E-state index is 0. The van der Waals surface area contributed by atoms with Gasteiger partial charge in [-0.25, -0.2) is 0 Å². The van der Waals surface area contributed by atoms with Gasteiger partial charge in [0, 0.05) is 42.7 Å². The van der Waals surface area contributed by atoms with Crippen LogP contribution in [0.1, 0.15) is 79.1 Å². The van der Waals surface area contributed by atoms with Crippen molar-refractivity contribution in [3.05, 3.63) is 0 Å². The molecule has 0 atom stereocenters. The topological polar surface area (TPSA) is 6.48 Å². The molecule has 0 heterocycles. The van der Waals surface area contributed by atoms with Gasteiger partial charge in [-0.2, -0.15) is 0 Å². The molecule has 0 aromatic rings. The van der Waals surface area contributed by atoms with E-state index in [0.717, 1.165) is 34.8 Å². The average molecular weight is 469 g/mol. The van der Waals surface area contributed by atoms with Crippen molar-refractivity contribution >= 4 is 58.3 Å². The number of thiol groups is 2. The van der Waals surface area contributed by atoms with Crippen LogP contribution in [0.15, 0.2) is 0 Å². The first-order chi connectivity index (χ1) is 11.4. The van der Waals surface area contributed by atoms with Gasteiger partial charge in [0.25, 0.3) is 0 Å². The Morgan fingerprint density at radius 1 is 0.600 bits per heavy atom. The molecule has 0 N–H and O–H groups in total. The molecular formula is C18H38N2NiS4. The summed E-state index contributed by atoms with van der Waals surface area (Å²) >= 11 is 18.5. The van der Waals surface area contributed by atoms with Crippen molar-refractivity contribution in [2.24, 2.45) is 0 Å². The SMILES string of the molecule is CCCCN(CCCC)C(=S)S.CCCCN(CCCC)C(=S)S.[Ni]. The number of nitrogens with zero attached hydrogens (tertiary/aromatic N) is 2. The average Bonchev–Trinajstić information content (AvgIpc) is 2.55. The van der Waals surface area contributed by atoms with Crippen LogP contribution in [0.2, 0.25) is 0 Å². The van der Waals surface area contributed by atoms with Crippen molar-refractivity contribution in [1.82, 2.24) is 9.80 Å². The maximum absolute atomic E-state index is 5.03. The smallest absolute Gasteiger partial charge is 0.133 e. The fourth-order valence-corrected chi connectivity index (χ4v) is 2.77. The molecule has 0 aliphatic heterocycles. The van der Waals surface area contributed by atoms with E-state index in [1.54, 1.807) is 0 Å². The van der Waals surface area contributed by atoms with Gasteiger partial charge < -0.3 is 9.80 Å². The zero-order valence-corrected chi connectivity index (χ0v) is 20.8. The predicted molar refractivity (Wildman–Crippen MR) is 126 cm³/mol. The van der Waals surface area contributed by atoms with Crippen molar-refractivity contribution in [1.29, 1.82) is 0 Å². The maximum atomic E-state index is 5.03. The van der Waals surface area contributed by atoms with Crippen LogP contribution in [0.3, 0.4) is 0 Å². The Hall–Kier alpha value is 0.974. The zero-order chi connectivity index (χ0) is 18.8. The van der Waals surface area contributed by atoms with Crippen LogP contribution >= 0.6 is 49.7 Å². The summed E-state index contributed by atoms with van der Waals surface area (Å²) < 4.78 is 1.49. The van der Waals surface area contributed by atoms with Gasteiger partial charge >= 0.3 is 0 Å². The third-order valence-electron chi connectivity index (χ3n) is 3.67. The van der Waals surface area contributed by atoms with E-state index in [-0.39, 0.29) is 16.5 Å². The van der Waals surface area contributed by atoms with E-state index in [0.29, 0.717) is 0 Å². The molecule has 0 aliphatic rings. The van der Waals surface area contributed by atoms with Gasteiger partial charge in [0.15, 0.2) is 0 Å². The monoisotopic (exact) mass is 468 g/mol. The Kier molecular flexibility index (Phi) is 28.3. The first-order valence-electron chi connectivity index (χ1n) is 9.40. The summed E-state index contributed by atoms with van der Waals surface area (Å²) in [7, 11) is 0. The molecule has 0 bridgehead atoms. The van der Waals surface area contributed by atoms with E-state index >= 15 is 0 Å². The largest absolute Gasteiger partial charge is 0.358 e. The molecule has 0 unspecified atom stereocenters. The molecule has 0 saturated heterocycles. The standard InChI is InChI=1S/2C9H19NS2.Ni/c2*1-3-5-7-10(9(11)12)8-6-4-2;/h2*3-8H2,1-2H3,(H,11,12);. The Labute approximate surface area is 189 Å². The fraction of sp³-hybridized carbons (Fsp3) is 0.889.